The van der Waals surface area contributed by atoms with Gasteiger partial charge in [-0.1, -0.05) is 0 Å². The van der Waals surface area contributed by atoms with Crippen molar-refractivity contribution in [3.63, 3.8) is 0 Å². The molecule has 1 aromatic rings. The third-order valence-corrected chi connectivity index (χ3v) is 2.90. The standard InChI is InChI=1S/C9H11F3N4O/c10-9(11,12)6-1-5(2-6)3-16-4-14-8(15-16)7(13)17/h4-6H,1-3H2,(H2,13,17)/t5-,6-. The lowest BCUT2D eigenvalue weighted by Crippen LogP contribution is -2.37. The monoisotopic (exact) mass is 248 g/mol. The zero-order valence-corrected chi connectivity index (χ0v) is 8.81. The van der Waals surface area contributed by atoms with Gasteiger partial charge in [0.25, 0.3) is 5.91 Å². The molecule has 0 saturated heterocycles. The third kappa shape index (κ3) is 2.56. The number of nitrogens with two attached hydrogens (primary N) is 1. The van der Waals surface area contributed by atoms with E-state index in [9.17, 15) is 18.0 Å². The highest BCUT2D eigenvalue weighted by molar-refractivity contribution is 5.88. The number of primary amides is 1. The van der Waals surface area contributed by atoms with Gasteiger partial charge < -0.3 is 5.73 Å². The second-order valence-electron chi connectivity index (χ2n) is 4.23. The molecule has 0 spiro atoms. The highest BCUT2D eigenvalue weighted by atomic mass is 19.4. The maximum Gasteiger partial charge on any atom is 0.391 e. The largest absolute Gasteiger partial charge is 0.391 e. The fourth-order valence-electron chi connectivity index (χ4n) is 1.91. The lowest BCUT2D eigenvalue weighted by Gasteiger charge is -2.36. The fourth-order valence-corrected chi connectivity index (χ4v) is 1.91. The predicted molar refractivity (Wildman–Crippen MR) is 50.8 cm³/mol. The topological polar surface area (TPSA) is 73.8 Å². The molecule has 2 rings (SSSR count). The quantitative estimate of drug-likeness (QED) is 0.865. The molecule has 5 nitrogen and oxygen atoms in total. The van der Waals surface area contributed by atoms with E-state index in [1.165, 1.54) is 11.0 Å². The lowest BCUT2D eigenvalue weighted by atomic mass is 9.74. The second kappa shape index (κ2) is 4.01. The van der Waals surface area contributed by atoms with Crippen LogP contribution in [0.4, 0.5) is 13.2 Å². The van der Waals surface area contributed by atoms with Crippen molar-refractivity contribution < 1.29 is 18.0 Å². The maximum atomic E-state index is 12.2. The normalized spacial score (nSPS) is 24.4. The molecule has 1 aliphatic rings. The highest BCUT2D eigenvalue weighted by Crippen LogP contribution is 2.45. The number of rotatable bonds is 3. The van der Waals surface area contributed by atoms with Crippen LogP contribution in [0.15, 0.2) is 6.33 Å². The van der Waals surface area contributed by atoms with Gasteiger partial charge in [0.15, 0.2) is 0 Å². The first-order valence-corrected chi connectivity index (χ1v) is 5.12. The van der Waals surface area contributed by atoms with Crippen molar-refractivity contribution in [2.75, 3.05) is 0 Å². The van der Waals surface area contributed by atoms with Gasteiger partial charge in [-0.2, -0.15) is 13.2 Å². The Hall–Kier alpha value is -1.60. The summed E-state index contributed by atoms with van der Waals surface area (Å²) in [5.74, 6) is -2.13. The van der Waals surface area contributed by atoms with Gasteiger partial charge in [0, 0.05) is 6.54 Å². The summed E-state index contributed by atoms with van der Waals surface area (Å²) >= 11 is 0. The van der Waals surface area contributed by atoms with Gasteiger partial charge in [-0.15, -0.1) is 5.10 Å². The molecule has 94 valence electrons. The van der Waals surface area contributed by atoms with Crippen LogP contribution in [0.3, 0.4) is 0 Å². The Balaban J connectivity index is 1.86. The van der Waals surface area contributed by atoms with Gasteiger partial charge >= 0.3 is 6.18 Å². The second-order valence-corrected chi connectivity index (χ2v) is 4.23. The number of hydrogen-bond acceptors (Lipinski definition) is 3. The molecule has 0 unspecified atom stereocenters. The Labute approximate surface area is 94.8 Å². The van der Waals surface area contributed by atoms with Crippen LogP contribution in [0.2, 0.25) is 0 Å². The first-order valence-electron chi connectivity index (χ1n) is 5.12. The molecular formula is C9H11F3N4O. The highest BCUT2D eigenvalue weighted by Gasteiger charge is 2.47. The molecule has 0 radical (unpaired) electrons. The number of hydrogen-bond donors (Lipinski definition) is 1. The van der Waals surface area contributed by atoms with Crippen LogP contribution in [-0.4, -0.2) is 26.8 Å². The number of carbonyl (C=O) groups excluding carboxylic acids is 1. The molecule has 1 fully saturated rings. The molecule has 1 saturated carbocycles. The van der Waals surface area contributed by atoms with E-state index >= 15 is 0 Å². The van der Waals surface area contributed by atoms with Crippen LogP contribution in [0.25, 0.3) is 0 Å². The summed E-state index contributed by atoms with van der Waals surface area (Å²) in [6.07, 6.45) is -2.58. The molecule has 1 amide bonds. The molecule has 1 heterocycles. The minimum atomic E-state index is -4.10. The molecule has 8 heteroatoms. The number of halogens is 3. The van der Waals surface area contributed by atoms with Crippen molar-refractivity contribution in [2.45, 2.75) is 25.6 Å². The Morgan fingerprint density at radius 1 is 1.53 bits per heavy atom. The summed E-state index contributed by atoms with van der Waals surface area (Å²) in [6.45, 7) is 0.340. The van der Waals surface area contributed by atoms with Crippen LogP contribution < -0.4 is 5.73 Å². The summed E-state index contributed by atoms with van der Waals surface area (Å²) < 4.78 is 38.0. The van der Waals surface area contributed by atoms with Crippen molar-refractivity contribution in [3.05, 3.63) is 12.2 Å². The van der Waals surface area contributed by atoms with E-state index in [0.29, 0.717) is 6.54 Å². The molecule has 0 atom stereocenters. The van der Waals surface area contributed by atoms with Crippen molar-refractivity contribution in [1.29, 1.82) is 0 Å². The fraction of sp³-hybridized carbons (Fsp3) is 0.667. The molecule has 2 N–H and O–H groups in total. The van der Waals surface area contributed by atoms with Gasteiger partial charge in [-0.25, -0.2) is 4.98 Å². The minimum absolute atomic E-state index is 0.0657. The Kier molecular flexibility index (Phi) is 2.80. The molecule has 0 bridgehead atoms. The molecular weight excluding hydrogens is 237 g/mol. The van der Waals surface area contributed by atoms with Crippen LogP contribution in [0, 0.1) is 11.8 Å². The van der Waals surface area contributed by atoms with Gasteiger partial charge in [-0.05, 0) is 18.8 Å². The maximum absolute atomic E-state index is 12.2. The van der Waals surface area contributed by atoms with Crippen LogP contribution in [0.5, 0.6) is 0 Å². The van der Waals surface area contributed by atoms with E-state index in [0.717, 1.165) is 0 Å². The predicted octanol–water partition coefficient (Wildman–Crippen LogP) is 0.965. The lowest BCUT2D eigenvalue weighted by molar-refractivity contribution is -0.205. The van der Waals surface area contributed by atoms with Crippen molar-refractivity contribution in [2.24, 2.45) is 17.6 Å². The molecule has 1 aliphatic carbocycles. The third-order valence-electron chi connectivity index (χ3n) is 2.90. The molecule has 0 aliphatic heterocycles. The van der Waals surface area contributed by atoms with Crippen LogP contribution in [0.1, 0.15) is 23.5 Å². The average Bonchev–Trinajstić information content (AvgIpc) is 2.56. The number of alkyl halides is 3. The zero-order valence-electron chi connectivity index (χ0n) is 8.81. The molecule has 17 heavy (non-hydrogen) atoms. The number of amides is 1. The van der Waals surface area contributed by atoms with Gasteiger partial charge in [0.2, 0.25) is 5.82 Å². The SMILES string of the molecule is NC(=O)c1ncn(C[C@H]2C[C@H](C(F)(F)F)C2)n1. The van der Waals surface area contributed by atoms with E-state index < -0.39 is 18.0 Å². The summed E-state index contributed by atoms with van der Waals surface area (Å²) in [7, 11) is 0. The Bertz CT molecular complexity index is 422. The van der Waals surface area contributed by atoms with Crippen LogP contribution >= 0.6 is 0 Å². The van der Waals surface area contributed by atoms with E-state index in [1.807, 2.05) is 0 Å². The van der Waals surface area contributed by atoms with Crippen molar-refractivity contribution in [1.82, 2.24) is 14.8 Å². The van der Waals surface area contributed by atoms with E-state index in [4.69, 9.17) is 5.73 Å². The zero-order chi connectivity index (χ0) is 12.6. The molecule has 0 aromatic carbocycles. The van der Waals surface area contributed by atoms with E-state index in [1.54, 1.807) is 0 Å². The average molecular weight is 248 g/mol. The Morgan fingerprint density at radius 2 is 2.18 bits per heavy atom. The summed E-state index contributed by atoms with van der Waals surface area (Å²) in [6, 6.07) is 0. The minimum Gasteiger partial charge on any atom is -0.363 e. The first kappa shape index (κ1) is 11.9. The van der Waals surface area contributed by atoms with Gasteiger partial charge in [-0.3, -0.25) is 9.48 Å². The number of nitrogens with zero attached hydrogens (tertiary/aromatic N) is 3. The van der Waals surface area contributed by atoms with Crippen molar-refractivity contribution in [3.8, 4) is 0 Å². The first-order chi connectivity index (χ1) is 7.86. The van der Waals surface area contributed by atoms with E-state index in [-0.39, 0.29) is 24.6 Å². The summed E-state index contributed by atoms with van der Waals surface area (Å²) in [5.41, 5.74) is 4.96. The summed E-state index contributed by atoms with van der Waals surface area (Å²) in [4.78, 5) is 14.4. The number of carbonyl (C=O) groups is 1. The van der Waals surface area contributed by atoms with Gasteiger partial charge in [0.1, 0.15) is 6.33 Å². The van der Waals surface area contributed by atoms with Crippen LogP contribution in [-0.2, 0) is 6.54 Å². The molecule has 1 aromatic heterocycles. The summed E-state index contributed by atoms with van der Waals surface area (Å²) in [5, 5.41) is 3.77. The van der Waals surface area contributed by atoms with Crippen molar-refractivity contribution >= 4 is 5.91 Å². The Morgan fingerprint density at radius 3 is 2.65 bits per heavy atom. The van der Waals surface area contributed by atoms with E-state index in [2.05, 4.69) is 10.1 Å². The smallest absolute Gasteiger partial charge is 0.363 e. The van der Waals surface area contributed by atoms with Gasteiger partial charge in [0.05, 0.1) is 5.92 Å². The number of aromatic nitrogens is 3.